The van der Waals surface area contributed by atoms with Crippen molar-refractivity contribution in [3.63, 3.8) is 0 Å². The Bertz CT molecular complexity index is 1910. The van der Waals surface area contributed by atoms with Crippen LogP contribution in [-0.4, -0.2) is 136 Å². The van der Waals surface area contributed by atoms with Gasteiger partial charge in [-0.05, 0) is 113 Å². The van der Waals surface area contributed by atoms with Gasteiger partial charge in [0.05, 0.1) is 17.4 Å². The predicted molar refractivity (Wildman–Crippen MR) is 205 cm³/mol. The van der Waals surface area contributed by atoms with Crippen molar-refractivity contribution in [2.24, 2.45) is 0 Å². The molecule has 2 aromatic carbocycles. The van der Waals surface area contributed by atoms with Gasteiger partial charge in [-0.3, -0.25) is 29.5 Å². The van der Waals surface area contributed by atoms with Crippen molar-refractivity contribution in [1.29, 1.82) is 0 Å². The summed E-state index contributed by atoms with van der Waals surface area (Å²) in [4.78, 5) is 49.5. The predicted octanol–water partition coefficient (Wildman–Crippen LogP) is 3.26. The lowest BCUT2D eigenvalue weighted by atomic mass is 9.87. The minimum Gasteiger partial charge on any atom is -0.507 e. The third kappa shape index (κ3) is 6.93. The van der Waals surface area contributed by atoms with Crippen LogP contribution in [-0.2, 0) is 16.1 Å². The molecular formula is C41H51N9O4. The summed E-state index contributed by atoms with van der Waals surface area (Å²) < 4.78 is 0. The zero-order chi connectivity index (χ0) is 36.8. The number of phenols is 1. The summed E-state index contributed by atoms with van der Waals surface area (Å²) in [6.45, 7) is 11.1. The Morgan fingerprint density at radius 2 is 1.61 bits per heavy atom. The van der Waals surface area contributed by atoms with Crippen LogP contribution in [0.2, 0.25) is 0 Å². The van der Waals surface area contributed by atoms with Crippen LogP contribution in [0.15, 0.2) is 48.5 Å². The van der Waals surface area contributed by atoms with Crippen LogP contribution < -0.4 is 15.5 Å². The summed E-state index contributed by atoms with van der Waals surface area (Å²) in [5.41, 5.74) is 5.47. The zero-order valence-corrected chi connectivity index (χ0v) is 31.0. The van der Waals surface area contributed by atoms with Crippen LogP contribution in [0.5, 0.6) is 5.75 Å². The van der Waals surface area contributed by atoms with Crippen LogP contribution in [0.3, 0.4) is 0 Å². The normalized spacial score (nSPS) is 25.6. The van der Waals surface area contributed by atoms with Gasteiger partial charge in [0.25, 0.3) is 5.91 Å². The Hall–Kier alpha value is -4.59. The van der Waals surface area contributed by atoms with Crippen molar-refractivity contribution in [3.05, 3.63) is 65.2 Å². The van der Waals surface area contributed by atoms with Crippen LogP contribution in [0.4, 0.5) is 11.5 Å². The molecule has 9 rings (SSSR count). The molecule has 0 spiro atoms. The van der Waals surface area contributed by atoms with Gasteiger partial charge < -0.3 is 25.1 Å². The summed E-state index contributed by atoms with van der Waals surface area (Å²) >= 11 is 0. The number of aromatic nitrogens is 2. The second-order valence-electron chi connectivity index (χ2n) is 16.1. The summed E-state index contributed by atoms with van der Waals surface area (Å²) in [6.07, 6.45) is 6.60. The number of hydrogen-bond acceptors (Lipinski definition) is 11. The van der Waals surface area contributed by atoms with E-state index < -0.39 is 6.04 Å². The number of nitrogens with one attached hydrogen (secondary N) is 2. The molecule has 13 heteroatoms. The lowest BCUT2D eigenvalue weighted by Crippen LogP contribution is -2.58. The highest BCUT2D eigenvalue weighted by molar-refractivity contribution is 6.05. The van der Waals surface area contributed by atoms with E-state index in [1.807, 2.05) is 24.3 Å². The lowest BCUT2D eigenvalue weighted by Gasteiger charge is -2.46. The molecular weight excluding hydrogens is 683 g/mol. The average Bonchev–Trinajstić information content (AvgIpc) is 3.52. The molecule has 3 N–H and O–H groups in total. The maximum atomic E-state index is 13.2. The fraction of sp³-hybridized carbons (Fsp3) is 0.537. The molecule has 284 valence electrons. The largest absolute Gasteiger partial charge is 0.507 e. The first-order valence-corrected chi connectivity index (χ1v) is 20.0. The van der Waals surface area contributed by atoms with Gasteiger partial charge >= 0.3 is 0 Å². The van der Waals surface area contributed by atoms with Gasteiger partial charge in [-0.25, -0.2) is 0 Å². The lowest BCUT2D eigenvalue weighted by molar-refractivity contribution is -0.136. The van der Waals surface area contributed by atoms with Crippen LogP contribution in [0.25, 0.3) is 11.3 Å². The van der Waals surface area contributed by atoms with E-state index in [1.165, 1.54) is 31.4 Å². The highest BCUT2D eigenvalue weighted by atomic mass is 16.3. The Morgan fingerprint density at radius 1 is 0.796 bits per heavy atom. The van der Waals surface area contributed by atoms with E-state index in [1.54, 1.807) is 11.0 Å². The summed E-state index contributed by atoms with van der Waals surface area (Å²) in [5.74, 6) is 0.799. The summed E-state index contributed by atoms with van der Waals surface area (Å²) in [7, 11) is 0. The van der Waals surface area contributed by atoms with E-state index >= 15 is 0 Å². The smallest absolute Gasteiger partial charge is 0.255 e. The Labute approximate surface area is 316 Å². The highest BCUT2D eigenvalue weighted by Gasteiger charge is 2.40. The Kier molecular flexibility index (Phi) is 9.70. The minimum atomic E-state index is -0.572. The number of likely N-dealkylation sites (tertiary alicyclic amines) is 2. The average molecular weight is 734 g/mol. The fourth-order valence-electron chi connectivity index (χ4n) is 9.87. The monoisotopic (exact) mass is 733 g/mol. The number of para-hydroxylation sites is 1. The van der Waals surface area contributed by atoms with Gasteiger partial charge in [-0.2, -0.15) is 0 Å². The van der Waals surface area contributed by atoms with Crippen molar-refractivity contribution in [2.45, 2.75) is 75.5 Å². The van der Waals surface area contributed by atoms with Crippen molar-refractivity contribution >= 4 is 29.2 Å². The van der Waals surface area contributed by atoms with Gasteiger partial charge in [-0.1, -0.05) is 24.3 Å². The third-order valence-corrected chi connectivity index (χ3v) is 12.8. The molecule has 0 saturated carbocycles. The topological polar surface area (TPSA) is 137 Å². The van der Waals surface area contributed by atoms with E-state index in [9.17, 15) is 19.5 Å². The summed E-state index contributed by atoms with van der Waals surface area (Å²) in [5, 5.41) is 25.2. The molecule has 7 heterocycles. The molecule has 6 aliphatic heterocycles. The molecule has 4 saturated heterocycles. The number of carbonyl (C=O) groups is 3. The van der Waals surface area contributed by atoms with Crippen LogP contribution >= 0.6 is 0 Å². The van der Waals surface area contributed by atoms with Gasteiger partial charge in [0, 0.05) is 62.9 Å². The van der Waals surface area contributed by atoms with Crippen molar-refractivity contribution in [3.8, 4) is 17.0 Å². The van der Waals surface area contributed by atoms with Gasteiger partial charge in [0.15, 0.2) is 5.82 Å². The summed E-state index contributed by atoms with van der Waals surface area (Å²) in [6, 6.07) is 16.1. The Morgan fingerprint density at radius 3 is 2.44 bits per heavy atom. The van der Waals surface area contributed by atoms with E-state index in [0.29, 0.717) is 47.8 Å². The van der Waals surface area contributed by atoms with Gasteiger partial charge in [0.2, 0.25) is 11.8 Å². The molecule has 13 nitrogen and oxygen atoms in total. The second kappa shape index (κ2) is 14.9. The number of phenolic OH excluding ortho intramolecular Hbond substituents is 1. The number of carbonyl (C=O) groups excluding carboxylic acids is 3. The third-order valence-electron chi connectivity index (χ3n) is 12.8. The molecule has 54 heavy (non-hydrogen) atoms. The molecule has 1 aromatic heterocycles. The van der Waals surface area contributed by atoms with Gasteiger partial charge in [0.1, 0.15) is 11.8 Å². The van der Waals surface area contributed by atoms with E-state index in [-0.39, 0.29) is 29.9 Å². The second-order valence-corrected chi connectivity index (χ2v) is 16.1. The number of anilines is 2. The van der Waals surface area contributed by atoms with Crippen molar-refractivity contribution < 1.29 is 19.5 Å². The molecule has 0 radical (unpaired) electrons. The number of benzene rings is 2. The van der Waals surface area contributed by atoms with Crippen LogP contribution in [0, 0.1) is 0 Å². The number of amides is 3. The molecule has 3 aromatic rings. The molecule has 0 bridgehead atoms. The first kappa shape index (κ1) is 35.1. The van der Waals surface area contributed by atoms with E-state index in [4.69, 9.17) is 0 Å². The fourth-order valence-corrected chi connectivity index (χ4v) is 9.87. The number of hydrogen-bond donors (Lipinski definition) is 3. The quantitative estimate of drug-likeness (QED) is 0.295. The van der Waals surface area contributed by atoms with E-state index in [2.05, 4.69) is 58.6 Å². The van der Waals surface area contributed by atoms with E-state index in [0.717, 1.165) is 88.8 Å². The van der Waals surface area contributed by atoms with Crippen LogP contribution in [0.1, 0.15) is 72.3 Å². The molecule has 2 unspecified atom stereocenters. The number of rotatable bonds is 8. The van der Waals surface area contributed by atoms with Crippen molar-refractivity contribution in [2.75, 3.05) is 75.7 Å². The number of piperidine rings is 3. The molecule has 4 fully saturated rings. The maximum Gasteiger partial charge on any atom is 0.255 e. The SMILES string of the molecule is O=C1CCC(N2Cc3cc(C4CCN(C5CCCN(CCCN6CCN7c8cc(-c9ccccc9O)nnc8NC[C@H]7C6)C5)CC4)ccc3C2=O)C(=O)N1. The zero-order valence-electron chi connectivity index (χ0n) is 31.0. The first-order chi connectivity index (χ1) is 26.4. The molecule has 3 amide bonds. The molecule has 6 aliphatic rings. The molecule has 0 aliphatic carbocycles. The highest BCUT2D eigenvalue weighted by Crippen LogP contribution is 2.37. The number of imide groups is 1. The van der Waals surface area contributed by atoms with Crippen molar-refractivity contribution in [1.82, 2.24) is 35.1 Å². The standard InChI is InChI=1S/C41H51N9O4/c51-37-7-2-1-6-33(37)34-22-36-39(45-44-34)42-23-31-26-47(19-20-49(31)36)16-4-15-46-14-3-5-30(25-46)48-17-12-27(13-18-48)28-8-9-32-29(21-28)24-50(41(32)54)35-10-11-38(52)43-40(35)53/h1-2,6-9,21-22,27,30-31,35,51H,3-5,10-20,23-26H2,(H,42,45)(H,43,52,53)/t30?,31-,35?/m0/s1. The number of aromatic hydroxyl groups is 1. The number of nitrogens with zero attached hydrogens (tertiary/aromatic N) is 7. The molecule has 3 atom stereocenters. The van der Waals surface area contributed by atoms with Gasteiger partial charge in [-0.15, -0.1) is 10.2 Å². The Balaban J connectivity index is 0.731. The maximum absolute atomic E-state index is 13.2. The first-order valence-electron chi connectivity index (χ1n) is 20.0. The number of fused-ring (bicyclic) bond motifs is 4. The minimum absolute atomic E-state index is 0.102. The number of piperazine rings is 1.